The molecule has 0 atom stereocenters. The van der Waals surface area contributed by atoms with Gasteiger partial charge in [-0.3, -0.25) is 9.59 Å². The van der Waals surface area contributed by atoms with Crippen LogP contribution in [0.3, 0.4) is 0 Å². The maximum absolute atomic E-state index is 11.8. The number of thiophene rings is 3. The van der Waals surface area contributed by atoms with Gasteiger partial charge >= 0.3 is 11.9 Å². The first-order chi connectivity index (χ1) is 13.3. The van der Waals surface area contributed by atoms with Crippen molar-refractivity contribution in [3.63, 3.8) is 0 Å². The maximum Gasteiger partial charge on any atom is 0.323 e. The zero-order valence-corrected chi connectivity index (χ0v) is 17.0. The number of carbonyl (C=O) groups is 3. The van der Waals surface area contributed by atoms with Gasteiger partial charge in [-0.2, -0.15) is 0 Å². The summed E-state index contributed by atoms with van der Waals surface area (Å²) in [4.78, 5) is 39.3. The smallest absolute Gasteiger partial charge is 0.323 e. The van der Waals surface area contributed by atoms with Gasteiger partial charge < -0.3 is 19.9 Å². The summed E-state index contributed by atoms with van der Waals surface area (Å²) in [6.45, 7) is 8.10. The Morgan fingerprint density at radius 2 is 1.68 bits per heavy atom. The van der Waals surface area contributed by atoms with Crippen molar-refractivity contribution >= 4 is 81.6 Å². The van der Waals surface area contributed by atoms with Crippen molar-refractivity contribution in [3.8, 4) is 0 Å². The molecule has 3 aromatic rings. The second-order valence-electron chi connectivity index (χ2n) is 5.78. The van der Waals surface area contributed by atoms with E-state index in [4.69, 9.17) is 16.8 Å². The number of ketones is 1. The van der Waals surface area contributed by atoms with Gasteiger partial charge in [0, 0.05) is 14.3 Å². The summed E-state index contributed by atoms with van der Waals surface area (Å²) in [5.74, 6) is -2.40. The van der Waals surface area contributed by atoms with Crippen molar-refractivity contribution in [2.45, 2.75) is 13.3 Å². The van der Waals surface area contributed by atoms with Crippen molar-refractivity contribution in [2.24, 2.45) is 0 Å². The molecule has 0 aliphatic heterocycles. The fourth-order valence-electron chi connectivity index (χ4n) is 2.60. The topological polar surface area (TPSA) is 99.3 Å². The first kappa shape index (κ1) is 20.0. The van der Waals surface area contributed by atoms with Gasteiger partial charge in [-0.05, 0) is 24.6 Å². The zero-order chi connectivity index (χ0) is 20.4. The minimum absolute atomic E-state index is 0.105. The lowest BCUT2D eigenvalue weighted by molar-refractivity contribution is -0.136. The molecular weight excluding hydrogens is 420 g/mol. The van der Waals surface area contributed by atoms with Crippen LogP contribution >= 0.6 is 34.0 Å². The lowest BCUT2D eigenvalue weighted by atomic mass is 10.2. The third kappa shape index (κ3) is 4.06. The SMILES string of the molecule is [C-]#[N+]/C(=C\c1cc2sc3cc(N(CC(=O)O)CC(=O)O)sc3c2s1)C(=O)CC. The molecule has 0 fully saturated rings. The van der Waals surface area contributed by atoms with Crippen LogP contribution in [-0.2, 0) is 14.4 Å². The fourth-order valence-corrected chi connectivity index (χ4v) is 6.56. The summed E-state index contributed by atoms with van der Waals surface area (Å²) in [6, 6.07) is 3.74. The molecule has 0 aromatic carbocycles. The average molecular weight is 435 g/mol. The summed E-state index contributed by atoms with van der Waals surface area (Å²) in [7, 11) is 0. The molecule has 0 bridgehead atoms. The molecule has 144 valence electrons. The van der Waals surface area contributed by atoms with E-state index in [1.54, 1.807) is 13.0 Å². The van der Waals surface area contributed by atoms with E-state index < -0.39 is 25.0 Å². The third-order valence-electron chi connectivity index (χ3n) is 3.80. The largest absolute Gasteiger partial charge is 0.480 e. The molecule has 0 radical (unpaired) electrons. The normalized spacial score (nSPS) is 11.6. The van der Waals surface area contributed by atoms with Crippen molar-refractivity contribution in [3.05, 3.63) is 34.1 Å². The first-order valence-corrected chi connectivity index (χ1v) is 10.5. The number of aliphatic carboxylic acids is 2. The van der Waals surface area contributed by atoms with Crippen molar-refractivity contribution in [1.82, 2.24) is 0 Å². The summed E-state index contributed by atoms with van der Waals surface area (Å²) < 4.78 is 3.90. The molecule has 3 aromatic heterocycles. The van der Waals surface area contributed by atoms with Crippen molar-refractivity contribution in [1.29, 1.82) is 0 Å². The van der Waals surface area contributed by atoms with Crippen LogP contribution in [0.25, 0.3) is 29.7 Å². The highest BCUT2D eigenvalue weighted by atomic mass is 32.1. The molecular formula is C18H14N2O5S3. The Morgan fingerprint density at radius 1 is 1.07 bits per heavy atom. The van der Waals surface area contributed by atoms with Crippen LogP contribution in [0.15, 0.2) is 17.8 Å². The maximum atomic E-state index is 11.8. The summed E-state index contributed by atoms with van der Waals surface area (Å²) >= 11 is 4.32. The number of Topliss-reactive ketones (excluding diaryl/α,β-unsaturated/α-hetero) is 1. The van der Waals surface area contributed by atoms with Gasteiger partial charge in [0.05, 0.1) is 21.0 Å². The number of nitrogens with zero attached hydrogens (tertiary/aromatic N) is 2. The predicted octanol–water partition coefficient (Wildman–Crippen LogP) is 4.39. The van der Waals surface area contributed by atoms with Crippen LogP contribution in [-0.4, -0.2) is 41.0 Å². The Balaban J connectivity index is 2.01. The summed E-state index contributed by atoms with van der Waals surface area (Å²) in [5, 5.41) is 18.7. The Labute approximate surface area is 171 Å². The molecule has 0 aliphatic rings. The highest BCUT2D eigenvalue weighted by Gasteiger charge is 2.20. The highest BCUT2D eigenvalue weighted by molar-refractivity contribution is 7.39. The lowest BCUT2D eigenvalue weighted by Crippen LogP contribution is -2.33. The van der Waals surface area contributed by atoms with E-state index in [1.165, 1.54) is 38.9 Å². The van der Waals surface area contributed by atoms with Gasteiger partial charge in [0.1, 0.15) is 13.1 Å². The van der Waals surface area contributed by atoms with E-state index in [0.29, 0.717) is 5.00 Å². The van der Waals surface area contributed by atoms with Crippen LogP contribution in [0.4, 0.5) is 5.00 Å². The van der Waals surface area contributed by atoms with Gasteiger partial charge in [0.15, 0.2) is 5.78 Å². The summed E-state index contributed by atoms with van der Waals surface area (Å²) in [6.07, 6.45) is 1.87. The van der Waals surface area contributed by atoms with Crippen LogP contribution < -0.4 is 4.90 Å². The molecule has 7 nitrogen and oxygen atoms in total. The Hall–Kier alpha value is -2.74. The molecule has 0 amide bonds. The van der Waals surface area contributed by atoms with Gasteiger partial charge in [-0.15, -0.1) is 34.0 Å². The van der Waals surface area contributed by atoms with Gasteiger partial charge in [-0.25, -0.2) is 4.85 Å². The van der Waals surface area contributed by atoms with Gasteiger partial charge in [-0.1, -0.05) is 6.92 Å². The molecule has 0 unspecified atom stereocenters. The number of fused-ring (bicyclic) bond motifs is 3. The number of carbonyl (C=O) groups excluding carboxylic acids is 1. The highest BCUT2D eigenvalue weighted by Crippen LogP contribution is 2.46. The number of allylic oxidation sites excluding steroid dienone is 1. The van der Waals surface area contributed by atoms with E-state index in [9.17, 15) is 14.4 Å². The number of hydrogen-bond acceptors (Lipinski definition) is 7. The molecule has 3 heterocycles. The van der Waals surface area contributed by atoms with Crippen molar-refractivity contribution in [2.75, 3.05) is 18.0 Å². The molecule has 2 N–H and O–H groups in total. The molecule has 28 heavy (non-hydrogen) atoms. The van der Waals surface area contributed by atoms with E-state index in [2.05, 4.69) is 4.85 Å². The lowest BCUT2D eigenvalue weighted by Gasteiger charge is -2.17. The van der Waals surface area contributed by atoms with E-state index >= 15 is 0 Å². The molecule has 3 rings (SSSR count). The monoisotopic (exact) mass is 434 g/mol. The van der Waals surface area contributed by atoms with Crippen LogP contribution in [0, 0.1) is 6.57 Å². The van der Waals surface area contributed by atoms with Gasteiger partial charge in [0.2, 0.25) is 5.70 Å². The predicted molar refractivity (Wildman–Crippen MR) is 112 cm³/mol. The number of carboxylic acids is 2. The quantitative estimate of drug-likeness (QED) is 0.403. The molecule has 0 saturated carbocycles. The standard InChI is InChI=1S/C18H14N2O5S3/c1-3-11(21)10(19-2)4-9-5-12-17(26-9)18-13(27-12)6-14(28-18)20(7-15(22)23)8-16(24)25/h4-6H,3,7-8H2,1H3,(H,22,23)(H,24,25)/b10-4-. The van der Waals surface area contributed by atoms with E-state index in [1.807, 2.05) is 12.1 Å². The molecule has 0 aliphatic carbocycles. The fraction of sp³-hybridized carbons (Fsp3) is 0.222. The van der Waals surface area contributed by atoms with Crippen LogP contribution in [0.2, 0.25) is 0 Å². The number of carboxylic acid groups (broad SMARTS) is 2. The first-order valence-electron chi connectivity index (χ1n) is 8.09. The minimum atomic E-state index is -1.10. The van der Waals surface area contributed by atoms with E-state index in [-0.39, 0.29) is 17.9 Å². The van der Waals surface area contributed by atoms with Crippen molar-refractivity contribution < 1.29 is 24.6 Å². The Bertz CT molecular complexity index is 1150. The molecule has 0 saturated heterocycles. The van der Waals surface area contributed by atoms with E-state index in [0.717, 1.165) is 23.7 Å². The Morgan fingerprint density at radius 3 is 2.25 bits per heavy atom. The van der Waals surface area contributed by atoms with Gasteiger partial charge in [0.25, 0.3) is 0 Å². The minimum Gasteiger partial charge on any atom is -0.480 e. The molecule has 0 spiro atoms. The average Bonchev–Trinajstić information content (AvgIpc) is 3.27. The number of hydrogen-bond donors (Lipinski definition) is 2. The van der Waals surface area contributed by atoms with Crippen LogP contribution in [0.1, 0.15) is 18.2 Å². The van der Waals surface area contributed by atoms with Crippen LogP contribution in [0.5, 0.6) is 0 Å². The Kier molecular flexibility index (Phi) is 5.79. The number of rotatable bonds is 8. The third-order valence-corrected chi connectivity index (χ3v) is 7.58. The summed E-state index contributed by atoms with van der Waals surface area (Å²) in [5.41, 5.74) is 0.105. The zero-order valence-electron chi connectivity index (χ0n) is 14.6. The second-order valence-corrected chi connectivity index (χ2v) is 8.98. The second kappa shape index (κ2) is 8.10. The number of anilines is 1. The molecule has 10 heteroatoms.